The average Bonchev–Trinajstić information content (AvgIpc) is 0.822. The third kappa shape index (κ3) is 40.5. The van der Waals surface area contributed by atoms with Gasteiger partial charge in [-0.05, 0) is 103 Å². The summed E-state index contributed by atoms with van der Waals surface area (Å²) in [6.07, 6.45) is -5.60. The SMILES string of the molecule is CNCC(=O)NC(CCCOC(=O)NCCCCCCNC(=O)CCCOC1OC(CO)C(O)C(O)C1NC(C)=O)(CCCOC(=O)NCCCCCCNC(=O)CCCOC1OC(CO)C(O)C(O)C1NC(C)=O)CCCOC(=O)NCCCCCCNC(=O)CCCOC1OC(CO)C(O)C(O)C1NC(C)=O. The lowest BCUT2D eigenvalue weighted by atomic mass is 9.83. The van der Waals surface area contributed by atoms with E-state index >= 15 is 0 Å². The van der Waals surface area contributed by atoms with Crippen molar-refractivity contribution in [1.29, 1.82) is 0 Å². The molecule has 0 aromatic carbocycles. The summed E-state index contributed by atoms with van der Waals surface area (Å²) in [4.78, 5) is 124. The third-order valence-corrected chi connectivity index (χ3v) is 18.2. The maximum Gasteiger partial charge on any atom is 0.407 e. The lowest BCUT2D eigenvalue weighted by molar-refractivity contribution is -0.270. The van der Waals surface area contributed by atoms with Gasteiger partial charge in [0.05, 0.1) is 66.0 Å². The summed E-state index contributed by atoms with van der Waals surface area (Å²) in [6, 6.07) is -3.25. The maximum absolute atomic E-state index is 13.3. The molecular formula is C70H127N11O28. The Balaban J connectivity index is 1.40. The number of ether oxygens (including phenoxy) is 9. The van der Waals surface area contributed by atoms with E-state index in [2.05, 4.69) is 58.5 Å². The zero-order chi connectivity index (χ0) is 80.4. The first-order chi connectivity index (χ1) is 52.3. The van der Waals surface area contributed by atoms with Gasteiger partial charge in [0.2, 0.25) is 41.4 Å². The second-order valence-electron chi connectivity index (χ2n) is 27.4. The van der Waals surface area contributed by atoms with Gasteiger partial charge in [-0.1, -0.05) is 38.5 Å². The average molecular weight is 1570 g/mol. The molecule has 0 aromatic rings. The molecular weight excluding hydrogens is 1440 g/mol. The van der Waals surface area contributed by atoms with Crippen LogP contribution in [0.3, 0.4) is 0 Å². The van der Waals surface area contributed by atoms with Gasteiger partial charge >= 0.3 is 18.3 Å². The Bertz CT molecular complexity index is 2380. The summed E-state index contributed by atoms with van der Waals surface area (Å²) in [7, 11) is 1.63. The van der Waals surface area contributed by atoms with Crippen LogP contribution in [0.15, 0.2) is 0 Å². The highest BCUT2D eigenvalue weighted by atomic mass is 16.7. The standard InChI is InChI=1S/C70H127N11O28/c1-45(85)78-55-61(95)58(92)48(42-82)107-64(55)101-35-17-23-51(88)72-29-11-5-8-14-32-75-67(98)104-38-20-26-70(81-54(91)41-71-4,27-21-39-105-68(99)76-33-15-9-6-12-30-73-52(89)24-18-36-102-65-56(79-46(2)86)62(96)59(93)49(43-83)108-65)28-22-40-106-69(100)77-34-16-10-7-13-31-74-53(90)25-19-37-103-66-57(80-47(3)87)63(97)60(94)50(44-84)109-66/h48-50,55-66,71,82-84,92-97H,5-44H2,1-4H3,(H,72,88)(H,73,89)(H,74,90)(H,75,98)(H,76,99)(H,77,100)(H,78,85)(H,79,86)(H,80,87)(H,81,91). The Hall–Kier alpha value is -6.54. The molecule has 15 unspecified atom stereocenters. The molecule has 0 bridgehead atoms. The number of aliphatic hydroxyl groups is 9. The molecule has 0 radical (unpaired) electrons. The first-order valence-electron chi connectivity index (χ1n) is 38.3. The summed E-state index contributed by atoms with van der Waals surface area (Å²) in [5.74, 6) is -2.39. The number of nitrogens with one attached hydrogen (secondary N) is 11. The Morgan fingerprint density at radius 3 is 0.853 bits per heavy atom. The van der Waals surface area contributed by atoms with Gasteiger partial charge in [-0.2, -0.15) is 0 Å². The molecule has 20 N–H and O–H groups in total. The molecule has 109 heavy (non-hydrogen) atoms. The van der Waals surface area contributed by atoms with E-state index in [-0.39, 0.29) is 89.1 Å². The molecule has 39 heteroatoms. The Labute approximate surface area is 637 Å². The van der Waals surface area contributed by atoms with Crippen molar-refractivity contribution in [3.63, 3.8) is 0 Å². The van der Waals surface area contributed by atoms with Crippen LogP contribution in [0.2, 0.25) is 0 Å². The lowest BCUT2D eigenvalue weighted by Gasteiger charge is -2.42. The minimum atomic E-state index is -1.45. The number of amides is 10. The fourth-order valence-corrected chi connectivity index (χ4v) is 12.4. The second kappa shape index (κ2) is 56.6. The van der Waals surface area contributed by atoms with Crippen molar-refractivity contribution in [3.05, 3.63) is 0 Å². The van der Waals surface area contributed by atoms with Crippen LogP contribution in [-0.2, 0) is 76.2 Å². The third-order valence-electron chi connectivity index (χ3n) is 18.2. The van der Waals surface area contributed by atoms with E-state index in [1.807, 2.05) is 0 Å². The van der Waals surface area contributed by atoms with Crippen LogP contribution >= 0.6 is 0 Å². The van der Waals surface area contributed by atoms with Crippen LogP contribution in [0, 0.1) is 0 Å². The Morgan fingerprint density at radius 1 is 0.339 bits per heavy atom. The van der Waals surface area contributed by atoms with E-state index in [0.717, 1.165) is 38.5 Å². The quantitative estimate of drug-likeness (QED) is 0.0211. The van der Waals surface area contributed by atoms with E-state index in [0.29, 0.717) is 136 Å². The predicted molar refractivity (Wildman–Crippen MR) is 387 cm³/mol. The van der Waals surface area contributed by atoms with Crippen molar-refractivity contribution in [1.82, 2.24) is 58.5 Å². The number of unbranched alkanes of at least 4 members (excludes halogenated alkanes) is 9. The van der Waals surface area contributed by atoms with Crippen LogP contribution in [-0.4, -0.2) is 315 Å². The summed E-state index contributed by atoms with van der Waals surface area (Å²) >= 11 is 0. The predicted octanol–water partition coefficient (Wildman–Crippen LogP) is -3.17. The van der Waals surface area contributed by atoms with Gasteiger partial charge in [-0.3, -0.25) is 33.6 Å². The van der Waals surface area contributed by atoms with Crippen molar-refractivity contribution in [2.45, 2.75) is 272 Å². The first kappa shape index (κ1) is 96.7. The molecule has 3 rings (SSSR count). The van der Waals surface area contributed by atoms with Gasteiger partial charge in [-0.15, -0.1) is 0 Å². The number of rotatable bonds is 57. The van der Waals surface area contributed by atoms with Crippen LogP contribution < -0.4 is 58.5 Å². The highest BCUT2D eigenvalue weighted by molar-refractivity contribution is 5.79. The van der Waals surface area contributed by atoms with Crippen LogP contribution in [0.4, 0.5) is 14.4 Å². The molecule has 0 aromatic heterocycles. The molecule has 39 nitrogen and oxygen atoms in total. The molecule has 3 saturated heterocycles. The maximum atomic E-state index is 13.3. The number of likely N-dealkylation sites (N-methyl/N-ethyl adjacent to an activating group) is 1. The zero-order valence-electron chi connectivity index (χ0n) is 63.7. The van der Waals surface area contributed by atoms with Gasteiger partial charge in [0.1, 0.15) is 73.1 Å². The normalized spacial score (nSPS) is 24.4. The monoisotopic (exact) mass is 1570 g/mol. The summed E-state index contributed by atoms with van der Waals surface area (Å²) in [5.41, 5.74) is -0.908. The molecule has 3 fully saturated rings. The van der Waals surface area contributed by atoms with Gasteiger partial charge in [0.15, 0.2) is 18.9 Å². The Morgan fingerprint density at radius 2 is 0.606 bits per heavy atom. The number of carbonyl (C=O) groups is 10. The smallest absolute Gasteiger partial charge is 0.407 e. The minimum Gasteiger partial charge on any atom is -0.450 e. The van der Waals surface area contributed by atoms with Crippen molar-refractivity contribution >= 4 is 59.6 Å². The van der Waals surface area contributed by atoms with E-state index in [9.17, 15) is 93.9 Å². The van der Waals surface area contributed by atoms with E-state index in [1.165, 1.54) is 20.8 Å². The van der Waals surface area contributed by atoms with Crippen molar-refractivity contribution in [2.24, 2.45) is 0 Å². The lowest BCUT2D eigenvalue weighted by Crippen LogP contribution is -2.64. The van der Waals surface area contributed by atoms with Crippen molar-refractivity contribution < 1.29 is 137 Å². The van der Waals surface area contributed by atoms with Gasteiger partial charge in [0, 0.05) is 84.8 Å². The second-order valence-corrected chi connectivity index (χ2v) is 27.4. The number of hydrogen-bond acceptors (Lipinski definition) is 29. The van der Waals surface area contributed by atoms with E-state index < -0.39 is 153 Å². The van der Waals surface area contributed by atoms with Crippen LogP contribution in [0.25, 0.3) is 0 Å². The fourth-order valence-electron chi connectivity index (χ4n) is 12.4. The number of carbonyl (C=O) groups excluding carboxylic acids is 10. The molecule has 630 valence electrons. The molecule has 3 aliphatic heterocycles. The van der Waals surface area contributed by atoms with Crippen LogP contribution in [0.1, 0.15) is 175 Å². The molecule has 3 aliphatic rings. The van der Waals surface area contributed by atoms with Crippen molar-refractivity contribution in [2.75, 3.05) is 112 Å². The molecule has 0 spiro atoms. The van der Waals surface area contributed by atoms with E-state index in [4.69, 9.17) is 42.6 Å². The van der Waals surface area contributed by atoms with Crippen molar-refractivity contribution in [3.8, 4) is 0 Å². The highest BCUT2D eigenvalue weighted by Gasteiger charge is 2.48. The molecule has 3 heterocycles. The van der Waals surface area contributed by atoms with Crippen LogP contribution in [0.5, 0.6) is 0 Å². The largest absolute Gasteiger partial charge is 0.450 e. The molecule has 0 aliphatic carbocycles. The van der Waals surface area contributed by atoms with Gasteiger partial charge in [0.25, 0.3) is 0 Å². The van der Waals surface area contributed by atoms with E-state index in [1.54, 1.807) is 7.05 Å². The summed E-state index contributed by atoms with van der Waals surface area (Å²) in [6.45, 7) is 4.35. The number of aliphatic hydroxyl groups excluding tert-OH is 9. The Kier molecular flexibility index (Phi) is 50.2. The first-order valence-corrected chi connectivity index (χ1v) is 38.3. The molecule has 0 saturated carbocycles. The minimum absolute atomic E-state index is 0.00458. The summed E-state index contributed by atoms with van der Waals surface area (Å²) in [5, 5.41) is 121. The number of alkyl carbamates (subject to hydrolysis) is 3. The van der Waals surface area contributed by atoms with Gasteiger partial charge < -0.3 is 147 Å². The fraction of sp³-hybridized carbons (Fsp3) is 0.857. The molecule has 15 atom stereocenters. The van der Waals surface area contributed by atoms with Gasteiger partial charge in [-0.25, -0.2) is 14.4 Å². The highest BCUT2D eigenvalue weighted by Crippen LogP contribution is 2.28. The number of hydrogen-bond donors (Lipinski definition) is 20. The topological polar surface area (TPSA) is 568 Å². The molecule has 10 amide bonds. The zero-order valence-corrected chi connectivity index (χ0v) is 63.7. The summed E-state index contributed by atoms with van der Waals surface area (Å²) < 4.78 is 50.2.